The van der Waals surface area contributed by atoms with E-state index in [-0.39, 0.29) is 26.7 Å². The first-order valence-electron chi connectivity index (χ1n) is 3.01. The highest BCUT2D eigenvalue weighted by atomic mass is 35.5. The minimum absolute atomic E-state index is 0.00378. The molecule has 1 aromatic rings. The predicted molar refractivity (Wildman–Crippen MR) is 47.2 cm³/mol. The lowest BCUT2D eigenvalue weighted by Crippen LogP contribution is -1.99. The molecule has 0 spiro atoms. The lowest BCUT2D eigenvalue weighted by Gasteiger charge is -2.07. The van der Waals surface area contributed by atoms with E-state index >= 15 is 0 Å². The topological polar surface area (TPSA) is 0 Å². The van der Waals surface area contributed by atoms with Gasteiger partial charge in [0.2, 0.25) is 0 Å². The summed E-state index contributed by atoms with van der Waals surface area (Å²) in [5.74, 6) is 0. The Morgan fingerprint density at radius 1 is 1.31 bits per heavy atom. The van der Waals surface area contributed by atoms with Crippen molar-refractivity contribution in [1.82, 2.24) is 0 Å². The Kier molecular flexibility index (Phi) is 3.38. The number of benzene rings is 1. The third-order valence-electron chi connectivity index (χ3n) is 1.08. The molecule has 0 aliphatic heterocycles. The Hall–Kier alpha value is -0.0600. The fourth-order valence-electron chi connectivity index (χ4n) is 0.639. The molecule has 0 unspecified atom stereocenters. The van der Waals surface area contributed by atoms with Crippen LogP contribution in [0, 0.1) is 6.07 Å². The van der Waals surface area contributed by atoms with Crippen molar-refractivity contribution in [3.63, 3.8) is 0 Å². The van der Waals surface area contributed by atoms with Crippen LogP contribution in [0.3, 0.4) is 0 Å². The van der Waals surface area contributed by atoms with Gasteiger partial charge in [0, 0.05) is 11.0 Å². The summed E-state index contributed by atoms with van der Waals surface area (Å²) in [5.41, 5.74) is -4.35. The van der Waals surface area contributed by atoms with Gasteiger partial charge in [-0.1, -0.05) is 29.3 Å². The molecule has 13 heavy (non-hydrogen) atoms. The maximum Gasteiger partial charge on any atom is 0.446 e. The van der Waals surface area contributed by atoms with Crippen LogP contribution in [0.2, 0.25) is 10.0 Å². The van der Waals surface area contributed by atoms with Crippen LogP contribution in [0.25, 0.3) is 0 Å². The summed E-state index contributed by atoms with van der Waals surface area (Å²) in [4.78, 5) is -0.113. The van der Waals surface area contributed by atoms with E-state index in [2.05, 4.69) is 6.07 Å². The van der Waals surface area contributed by atoms with Crippen LogP contribution < -0.4 is 0 Å². The van der Waals surface area contributed by atoms with Crippen LogP contribution >= 0.6 is 35.0 Å². The monoisotopic (exact) mass is 245 g/mol. The van der Waals surface area contributed by atoms with Gasteiger partial charge in [0.05, 0.1) is 10.0 Å². The van der Waals surface area contributed by atoms with Crippen molar-refractivity contribution < 1.29 is 13.2 Å². The van der Waals surface area contributed by atoms with Crippen LogP contribution in [0.5, 0.6) is 0 Å². The molecule has 0 atom stereocenters. The zero-order chi connectivity index (χ0) is 10.1. The van der Waals surface area contributed by atoms with Crippen LogP contribution in [0.4, 0.5) is 13.2 Å². The van der Waals surface area contributed by atoms with Crippen molar-refractivity contribution in [2.24, 2.45) is 0 Å². The fourth-order valence-corrected chi connectivity index (χ4v) is 1.67. The number of alkyl halides is 3. The molecule has 6 heteroatoms. The van der Waals surface area contributed by atoms with Crippen molar-refractivity contribution in [3.8, 4) is 0 Å². The predicted octanol–water partition coefficient (Wildman–Crippen LogP) is 4.41. The average Bonchev–Trinajstić information content (AvgIpc) is 1.96. The third-order valence-corrected chi connectivity index (χ3v) is 2.77. The van der Waals surface area contributed by atoms with E-state index < -0.39 is 5.51 Å². The number of hydrogen-bond acceptors (Lipinski definition) is 1. The van der Waals surface area contributed by atoms with Crippen LogP contribution in [-0.4, -0.2) is 5.51 Å². The normalized spacial score (nSPS) is 11.8. The van der Waals surface area contributed by atoms with Crippen molar-refractivity contribution >= 4 is 35.0 Å². The van der Waals surface area contributed by atoms with Gasteiger partial charge >= 0.3 is 5.51 Å². The highest BCUT2D eigenvalue weighted by molar-refractivity contribution is 8.00. The maximum absolute atomic E-state index is 11.9. The standard InChI is InChI=1S/C7H2Cl2F3S/c8-4-2-1-3-5(6(4)9)13-7(10,11)12/h1,3H. The van der Waals surface area contributed by atoms with Gasteiger partial charge in [-0.25, -0.2) is 0 Å². The first-order valence-corrected chi connectivity index (χ1v) is 4.59. The first-order chi connectivity index (χ1) is 5.90. The van der Waals surface area contributed by atoms with Gasteiger partial charge < -0.3 is 0 Å². The van der Waals surface area contributed by atoms with E-state index in [9.17, 15) is 13.2 Å². The van der Waals surface area contributed by atoms with Gasteiger partial charge in [-0.2, -0.15) is 13.2 Å². The second-order valence-corrected chi connectivity index (χ2v) is 3.88. The number of thioether (sulfide) groups is 1. The molecule has 0 aliphatic carbocycles. The summed E-state index contributed by atoms with van der Waals surface area (Å²) < 4.78 is 35.7. The largest absolute Gasteiger partial charge is 0.446 e. The highest BCUT2D eigenvalue weighted by Crippen LogP contribution is 2.41. The van der Waals surface area contributed by atoms with Crippen LogP contribution in [0.1, 0.15) is 0 Å². The molecule has 0 aromatic heterocycles. The number of halogens is 5. The van der Waals surface area contributed by atoms with Gasteiger partial charge in [-0.3, -0.25) is 0 Å². The summed E-state index contributed by atoms with van der Waals surface area (Å²) in [7, 11) is 0. The molecule has 71 valence electrons. The van der Waals surface area contributed by atoms with Crippen LogP contribution in [-0.2, 0) is 0 Å². The lowest BCUT2D eigenvalue weighted by atomic mass is 10.4. The van der Waals surface area contributed by atoms with E-state index in [4.69, 9.17) is 23.2 Å². The quantitative estimate of drug-likeness (QED) is 0.661. The molecule has 0 nitrogen and oxygen atoms in total. The second-order valence-electron chi connectivity index (χ2n) is 2.02. The molecular weight excluding hydrogens is 244 g/mol. The summed E-state index contributed by atoms with van der Waals surface area (Å²) in [6, 6.07) is 4.99. The van der Waals surface area contributed by atoms with Gasteiger partial charge in [0.15, 0.2) is 0 Å². The Bertz CT molecular complexity index is 311. The minimum Gasteiger partial charge on any atom is -0.160 e. The average molecular weight is 246 g/mol. The van der Waals surface area contributed by atoms with Crippen molar-refractivity contribution in [3.05, 3.63) is 28.2 Å². The third kappa shape index (κ3) is 3.29. The summed E-state index contributed by atoms with van der Waals surface area (Å²) >= 11 is 10.7. The zero-order valence-electron chi connectivity index (χ0n) is 5.95. The van der Waals surface area contributed by atoms with E-state index in [1.54, 1.807) is 0 Å². The smallest absolute Gasteiger partial charge is 0.160 e. The molecule has 1 rings (SSSR count). The van der Waals surface area contributed by atoms with Crippen molar-refractivity contribution in [1.29, 1.82) is 0 Å². The SMILES string of the molecule is FC(F)(F)Sc1cc[c]c(Cl)c1Cl. The molecule has 0 fully saturated rings. The summed E-state index contributed by atoms with van der Waals surface area (Å²) in [5, 5.41) is -0.123. The molecule has 0 amide bonds. The van der Waals surface area contributed by atoms with Gasteiger partial charge in [0.1, 0.15) is 0 Å². The Morgan fingerprint density at radius 3 is 2.46 bits per heavy atom. The van der Waals surface area contributed by atoms with E-state index in [1.807, 2.05) is 0 Å². The molecule has 0 N–H and O–H groups in total. The van der Waals surface area contributed by atoms with Gasteiger partial charge in [-0.05, 0) is 17.8 Å². The lowest BCUT2D eigenvalue weighted by molar-refractivity contribution is -0.0328. The number of rotatable bonds is 1. The Labute approximate surface area is 87.0 Å². The molecule has 0 saturated heterocycles. The van der Waals surface area contributed by atoms with Crippen molar-refractivity contribution in [2.75, 3.05) is 0 Å². The second kappa shape index (κ2) is 3.98. The molecule has 0 heterocycles. The maximum atomic E-state index is 11.9. The molecule has 0 bridgehead atoms. The van der Waals surface area contributed by atoms with Crippen molar-refractivity contribution in [2.45, 2.75) is 10.4 Å². The van der Waals surface area contributed by atoms with Gasteiger partial charge in [-0.15, -0.1) is 0 Å². The highest BCUT2D eigenvalue weighted by Gasteiger charge is 2.30. The number of hydrogen-bond donors (Lipinski definition) is 0. The van der Waals surface area contributed by atoms with Gasteiger partial charge in [0.25, 0.3) is 0 Å². The molecular formula is C7H2Cl2F3S. The molecule has 0 saturated carbocycles. The Balaban J connectivity index is 2.96. The van der Waals surface area contributed by atoms with Crippen LogP contribution in [0.15, 0.2) is 17.0 Å². The molecule has 1 radical (unpaired) electrons. The summed E-state index contributed by atoms with van der Waals surface area (Å²) in [6.07, 6.45) is 0. The minimum atomic E-state index is -4.35. The first kappa shape index (κ1) is 11.0. The zero-order valence-corrected chi connectivity index (χ0v) is 8.28. The van der Waals surface area contributed by atoms with E-state index in [1.165, 1.54) is 12.1 Å². The molecule has 1 aromatic carbocycles. The Morgan fingerprint density at radius 2 is 1.92 bits per heavy atom. The van der Waals surface area contributed by atoms with E-state index in [0.29, 0.717) is 0 Å². The van der Waals surface area contributed by atoms with E-state index in [0.717, 1.165) is 0 Å². The summed E-state index contributed by atoms with van der Waals surface area (Å²) in [6.45, 7) is 0. The molecule has 0 aliphatic rings. The fraction of sp³-hybridized carbons (Fsp3) is 0.143.